The van der Waals surface area contributed by atoms with Crippen molar-refractivity contribution in [2.75, 3.05) is 0 Å². The van der Waals surface area contributed by atoms with Gasteiger partial charge in [-0.25, -0.2) is 0 Å². The largest absolute Gasteiger partial charge is 0.572 e. The lowest BCUT2D eigenvalue weighted by Crippen LogP contribution is -2.29. The lowest BCUT2D eigenvalue weighted by atomic mass is 9.72. The summed E-state index contributed by atoms with van der Waals surface area (Å²) in [5.74, 6) is 0.688. The highest BCUT2D eigenvalue weighted by molar-refractivity contribution is 5.41. The van der Waals surface area contributed by atoms with E-state index >= 15 is 0 Å². The predicted molar refractivity (Wildman–Crippen MR) is 63.7 cm³/mol. The van der Waals surface area contributed by atoms with Crippen molar-refractivity contribution in [3.63, 3.8) is 0 Å². The average Bonchev–Trinajstić information content (AvgIpc) is 2.21. The molecule has 0 saturated heterocycles. The molecule has 0 aliphatic heterocycles. The van der Waals surface area contributed by atoms with Crippen LogP contribution in [0.3, 0.4) is 0 Å². The number of hydrogen-bond acceptors (Lipinski definition) is 1. The zero-order valence-corrected chi connectivity index (χ0v) is 11.0. The van der Waals surface area contributed by atoms with E-state index in [-0.39, 0.29) is 5.76 Å². The maximum Gasteiger partial charge on any atom is 0.572 e. The number of alkyl halides is 3. The molecule has 2 aliphatic carbocycles. The molecule has 0 N–H and O–H groups in total. The SMILES string of the molecule is CC1CCC2=C(OC(F)(F)F)C(C)(C)CC=C2C1. The van der Waals surface area contributed by atoms with E-state index in [0.29, 0.717) is 18.8 Å². The maximum absolute atomic E-state index is 12.5. The smallest absolute Gasteiger partial charge is 0.409 e. The molecule has 1 atom stereocenters. The van der Waals surface area contributed by atoms with Gasteiger partial charge in [0.2, 0.25) is 0 Å². The van der Waals surface area contributed by atoms with E-state index in [1.165, 1.54) is 0 Å². The standard InChI is InChI=1S/C14H19F3O/c1-9-4-5-11-10(8-9)6-7-13(2,3)12(11)18-14(15,16)17/h6,9H,4-5,7-8H2,1-3H3. The number of ether oxygens (including phenoxy) is 1. The summed E-state index contributed by atoms with van der Waals surface area (Å²) >= 11 is 0. The number of halogens is 3. The van der Waals surface area contributed by atoms with Crippen LogP contribution in [0.1, 0.15) is 46.5 Å². The van der Waals surface area contributed by atoms with E-state index in [0.717, 1.165) is 24.0 Å². The van der Waals surface area contributed by atoms with Gasteiger partial charge in [-0.1, -0.05) is 26.8 Å². The molecule has 0 aromatic heterocycles. The first-order valence-electron chi connectivity index (χ1n) is 6.38. The molecule has 1 fully saturated rings. The van der Waals surface area contributed by atoms with Crippen LogP contribution in [0.15, 0.2) is 23.0 Å². The minimum atomic E-state index is -4.59. The zero-order valence-electron chi connectivity index (χ0n) is 11.0. The topological polar surface area (TPSA) is 9.23 Å². The van der Waals surface area contributed by atoms with Crippen molar-refractivity contribution in [2.45, 2.75) is 52.8 Å². The lowest BCUT2D eigenvalue weighted by molar-refractivity contribution is -0.312. The summed E-state index contributed by atoms with van der Waals surface area (Å²) in [7, 11) is 0. The highest BCUT2D eigenvalue weighted by atomic mass is 19.4. The van der Waals surface area contributed by atoms with Crippen molar-refractivity contribution >= 4 is 0 Å². The summed E-state index contributed by atoms with van der Waals surface area (Å²) in [5, 5.41) is 0. The molecular weight excluding hydrogens is 241 g/mol. The second-order valence-corrected chi connectivity index (χ2v) is 6.02. The Morgan fingerprint density at radius 2 is 2.00 bits per heavy atom. The third kappa shape index (κ3) is 2.73. The Kier molecular flexibility index (Phi) is 3.24. The van der Waals surface area contributed by atoms with E-state index in [2.05, 4.69) is 17.7 Å². The highest BCUT2D eigenvalue weighted by Gasteiger charge is 2.41. The fraction of sp³-hybridized carbons (Fsp3) is 0.714. The minimum absolute atomic E-state index is 0.138. The molecule has 2 rings (SSSR count). The molecule has 0 aromatic rings. The molecule has 1 unspecified atom stereocenters. The molecule has 0 radical (unpaired) electrons. The molecule has 0 bridgehead atoms. The molecule has 2 aliphatic rings. The Morgan fingerprint density at radius 1 is 1.33 bits per heavy atom. The Balaban J connectivity index is 2.37. The van der Waals surface area contributed by atoms with Crippen LogP contribution in [-0.4, -0.2) is 6.36 Å². The Labute approximate surface area is 106 Å². The first-order chi connectivity index (χ1) is 8.19. The van der Waals surface area contributed by atoms with E-state index in [1.54, 1.807) is 0 Å². The van der Waals surface area contributed by atoms with Crippen molar-refractivity contribution in [2.24, 2.45) is 11.3 Å². The number of allylic oxidation sites excluding steroid dienone is 4. The number of fused-ring (bicyclic) bond motifs is 1. The molecule has 1 saturated carbocycles. The summed E-state index contributed by atoms with van der Waals surface area (Å²) in [6.45, 7) is 5.76. The van der Waals surface area contributed by atoms with Gasteiger partial charge in [-0.2, -0.15) is 0 Å². The van der Waals surface area contributed by atoms with Gasteiger partial charge in [0.1, 0.15) is 5.76 Å². The quantitative estimate of drug-likeness (QED) is 0.648. The van der Waals surface area contributed by atoms with Gasteiger partial charge >= 0.3 is 6.36 Å². The normalized spacial score (nSPS) is 27.7. The summed E-state index contributed by atoms with van der Waals surface area (Å²) < 4.78 is 42.0. The number of rotatable bonds is 1. The van der Waals surface area contributed by atoms with E-state index in [1.807, 2.05) is 13.8 Å². The molecule has 0 spiro atoms. The predicted octanol–water partition coefficient (Wildman–Crippen LogP) is 4.95. The molecule has 0 heterocycles. The van der Waals surface area contributed by atoms with Gasteiger partial charge in [-0.15, -0.1) is 13.2 Å². The van der Waals surface area contributed by atoms with Crippen molar-refractivity contribution in [3.8, 4) is 0 Å². The molecule has 0 aromatic carbocycles. The van der Waals surface area contributed by atoms with E-state index < -0.39 is 11.8 Å². The van der Waals surface area contributed by atoms with Gasteiger partial charge in [0.05, 0.1) is 0 Å². The molecular formula is C14H19F3O. The van der Waals surface area contributed by atoms with Crippen LogP contribution < -0.4 is 0 Å². The van der Waals surface area contributed by atoms with Gasteiger partial charge in [-0.3, -0.25) is 0 Å². The summed E-state index contributed by atoms with van der Waals surface area (Å²) in [6, 6.07) is 0. The van der Waals surface area contributed by atoms with Crippen LogP contribution in [0.2, 0.25) is 0 Å². The second-order valence-electron chi connectivity index (χ2n) is 6.02. The lowest BCUT2D eigenvalue weighted by Gasteiger charge is -2.37. The second kappa shape index (κ2) is 4.32. The van der Waals surface area contributed by atoms with Gasteiger partial charge < -0.3 is 4.74 Å². The fourth-order valence-corrected chi connectivity index (χ4v) is 2.81. The summed E-state index contributed by atoms with van der Waals surface area (Å²) in [6.07, 6.45) is 0.620. The van der Waals surface area contributed by atoms with Crippen molar-refractivity contribution < 1.29 is 17.9 Å². The third-order valence-corrected chi connectivity index (χ3v) is 3.81. The Hall–Kier alpha value is -0.930. The van der Waals surface area contributed by atoms with Gasteiger partial charge in [-0.05, 0) is 42.7 Å². The third-order valence-electron chi connectivity index (χ3n) is 3.81. The van der Waals surface area contributed by atoms with Gasteiger partial charge in [0.15, 0.2) is 0 Å². The monoisotopic (exact) mass is 260 g/mol. The first kappa shape index (κ1) is 13.5. The van der Waals surface area contributed by atoms with Crippen LogP contribution in [0.25, 0.3) is 0 Å². The minimum Gasteiger partial charge on any atom is -0.409 e. The van der Waals surface area contributed by atoms with Crippen LogP contribution in [0.4, 0.5) is 13.2 Å². The average molecular weight is 260 g/mol. The van der Waals surface area contributed by atoms with Crippen molar-refractivity contribution in [1.82, 2.24) is 0 Å². The van der Waals surface area contributed by atoms with Gasteiger partial charge in [0, 0.05) is 5.41 Å². The van der Waals surface area contributed by atoms with Crippen LogP contribution in [0, 0.1) is 11.3 Å². The van der Waals surface area contributed by atoms with Crippen LogP contribution >= 0.6 is 0 Å². The van der Waals surface area contributed by atoms with E-state index in [9.17, 15) is 13.2 Å². The van der Waals surface area contributed by atoms with Gasteiger partial charge in [0.25, 0.3) is 0 Å². The van der Waals surface area contributed by atoms with E-state index in [4.69, 9.17) is 0 Å². The molecule has 0 amide bonds. The Morgan fingerprint density at radius 3 is 2.61 bits per heavy atom. The maximum atomic E-state index is 12.5. The molecule has 4 heteroatoms. The van der Waals surface area contributed by atoms with Crippen LogP contribution in [0.5, 0.6) is 0 Å². The Bertz CT molecular complexity index is 402. The molecule has 1 nitrogen and oxygen atoms in total. The zero-order chi connectivity index (χ0) is 13.6. The highest BCUT2D eigenvalue weighted by Crippen LogP contribution is 2.47. The first-order valence-corrected chi connectivity index (χ1v) is 6.38. The molecule has 102 valence electrons. The molecule has 18 heavy (non-hydrogen) atoms. The van der Waals surface area contributed by atoms with Crippen molar-refractivity contribution in [3.05, 3.63) is 23.0 Å². The number of hydrogen-bond donors (Lipinski definition) is 0. The van der Waals surface area contributed by atoms with Crippen LogP contribution in [-0.2, 0) is 4.74 Å². The fourth-order valence-electron chi connectivity index (χ4n) is 2.81. The summed E-state index contributed by atoms with van der Waals surface area (Å²) in [4.78, 5) is 0. The van der Waals surface area contributed by atoms with Crippen molar-refractivity contribution in [1.29, 1.82) is 0 Å². The summed E-state index contributed by atoms with van der Waals surface area (Å²) in [5.41, 5.74) is 1.29.